The summed E-state index contributed by atoms with van der Waals surface area (Å²) in [6, 6.07) is 0. The van der Waals surface area contributed by atoms with Crippen LogP contribution >= 0.6 is 0 Å². The molecule has 21 heavy (non-hydrogen) atoms. The van der Waals surface area contributed by atoms with Gasteiger partial charge in [0.25, 0.3) is 0 Å². The molecule has 1 aliphatic rings. The smallest absolute Gasteiger partial charge is 0.392 e. The molecule has 8 heteroatoms. The Morgan fingerprint density at radius 3 is 2.43 bits per heavy atom. The van der Waals surface area contributed by atoms with Crippen molar-refractivity contribution in [2.45, 2.75) is 45.7 Å². The van der Waals surface area contributed by atoms with Gasteiger partial charge in [0.15, 0.2) is 0 Å². The molecule has 0 aromatic rings. The lowest BCUT2D eigenvalue weighted by atomic mass is 9.78. The maximum atomic E-state index is 13.0. The second kappa shape index (κ2) is 6.53. The van der Waals surface area contributed by atoms with E-state index in [1.165, 1.54) is 0 Å². The monoisotopic (exact) mass is 309 g/mol. The maximum absolute atomic E-state index is 13.0. The highest BCUT2D eigenvalue weighted by atomic mass is 19.4. The SMILES string of the molecule is CC(C)(CNC(=O)C1CCCCC1C(F)(F)F)C(N)=NO. The normalized spacial score (nSPS) is 24.7. The van der Waals surface area contributed by atoms with Gasteiger partial charge in [0, 0.05) is 17.9 Å². The molecule has 0 saturated heterocycles. The molecule has 0 radical (unpaired) electrons. The summed E-state index contributed by atoms with van der Waals surface area (Å²) in [6.07, 6.45) is -3.02. The van der Waals surface area contributed by atoms with Crippen molar-refractivity contribution in [3.05, 3.63) is 0 Å². The minimum atomic E-state index is -4.36. The van der Waals surface area contributed by atoms with Crippen LogP contribution in [-0.4, -0.2) is 29.7 Å². The number of hydrogen-bond donors (Lipinski definition) is 3. The predicted octanol–water partition coefficient (Wildman–Crippen LogP) is 2.24. The van der Waals surface area contributed by atoms with Crippen LogP contribution in [-0.2, 0) is 4.79 Å². The van der Waals surface area contributed by atoms with Gasteiger partial charge in [-0.3, -0.25) is 4.79 Å². The Morgan fingerprint density at radius 2 is 1.90 bits per heavy atom. The Balaban J connectivity index is 2.69. The molecule has 1 aliphatic carbocycles. The fourth-order valence-corrected chi connectivity index (χ4v) is 2.50. The molecule has 5 nitrogen and oxygen atoms in total. The summed E-state index contributed by atoms with van der Waals surface area (Å²) >= 11 is 0. The number of amidine groups is 1. The highest BCUT2D eigenvalue weighted by Crippen LogP contribution is 2.41. The number of carbonyl (C=O) groups excluding carboxylic acids is 1. The molecular formula is C13H22F3N3O2. The lowest BCUT2D eigenvalue weighted by molar-refractivity contribution is -0.198. The van der Waals surface area contributed by atoms with E-state index in [1.54, 1.807) is 13.8 Å². The number of amides is 1. The minimum Gasteiger partial charge on any atom is -0.409 e. The van der Waals surface area contributed by atoms with Gasteiger partial charge in [0.2, 0.25) is 5.91 Å². The Hall–Kier alpha value is -1.47. The quantitative estimate of drug-likeness (QED) is 0.322. The first-order chi connectivity index (χ1) is 9.59. The number of rotatable bonds is 4. The van der Waals surface area contributed by atoms with Crippen molar-refractivity contribution >= 4 is 11.7 Å². The largest absolute Gasteiger partial charge is 0.409 e. The van der Waals surface area contributed by atoms with Crippen molar-refractivity contribution in [1.29, 1.82) is 0 Å². The van der Waals surface area contributed by atoms with E-state index >= 15 is 0 Å². The fourth-order valence-electron chi connectivity index (χ4n) is 2.50. The highest BCUT2D eigenvalue weighted by molar-refractivity contribution is 5.86. The Morgan fingerprint density at radius 1 is 1.33 bits per heavy atom. The van der Waals surface area contributed by atoms with E-state index in [-0.39, 0.29) is 25.2 Å². The molecule has 0 bridgehead atoms. The first kappa shape index (κ1) is 17.6. The second-order valence-electron chi connectivity index (χ2n) is 6.13. The average molecular weight is 309 g/mol. The number of hydrogen-bond acceptors (Lipinski definition) is 3. The van der Waals surface area contributed by atoms with E-state index in [4.69, 9.17) is 10.9 Å². The molecule has 0 heterocycles. The fraction of sp³-hybridized carbons (Fsp3) is 0.846. The van der Waals surface area contributed by atoms with Gasteiger partial charge in [0.1, 0.15) is 5.84 Å². The molecule has 1 rings (SSSR count). The van der Waals surface area contributed by atoms with Gasteiger partial charge in [-0.05, 0) is 12.8 Å². The van der Waals surface area contributed by atoms with E-state index in [1.807, 2.05) is 0 Å². The van der Waals surface area contributed by atoms with E-state index in [9.17, 15) is 18.0 Å². The van der Waals surface area contributed by atoms with E-state index in [2.05, 4.69) is 10.5 Å². The van der Waals surface area contributed by atoms with E-state index < -0.39 is 29.3 Å². The number of carbonyl (C=O) groups is 1. The van der Waals surface area contributed by atoms with Crippen molar-refractivity contribution < 1.29 is 23.2 Å². The third kappa shape index (κ3) is 4.50. The standard InChI is InChI=1S/C13H22F3N3O2/c1-12(2,11(17)19-21)7-18-10(20)8-5-3-4-6-9(8)13(14,15)16/h8-9,21H,3-7H2,1-2H3,(H2,17,19)(H,18,20). The Labute approximate surface area is 121 Å². The van der Waals surface area contributed by atoms with Crippen molar-refractivity contribution in [3.63, 3.8) is 0 Å². The second-order valence-corrected chi connectivity index (χ2v) is 6.13. The van der Waals surface area contributed by atoms with Gasteiger partial charge in [-0.25, -0.2) is 0 Å². The van der Waals surface area contributed by atoms with Gasteiger partial charge in [-0.15, -0.1) is 0 Å². The van der Waals surface area contributed by atoms with Crippen LogP contribution in [0.3, 0.4) is 0 Å². The molecule has 1 fully saturated rings. The zero-order valence-corrected chi connectivity index (χ0v) is 12.2. The van der Waals surface area contributed by atoms with Crippen molar-refractivity contribution in [1.82, 2.24) is 5.32 Å². The van der Waals surface area contributed by atoms with Crippen molar-refractivity contribution in [2.75, 3.05) is 6.54 Å². The number of alkyl halides is 3. The summed E-state index contributed by atoms with van der Waals surface area (Å²) in [7, 11) is 0. The molecule has 4 N–H and O–H groups in total. The number of oxime groups is 1. The molecule has 2 unspecified atom stereocenters. The molecule has 2 atom stereocenters. The number of nitrogens with two attached hydrogens (primary N) is 1. The van der Waals surface area contributed by atoms with Crippen LogP contribution < -0.4 is 11.1 Å². The number of halogens is 3. The molecular weight excluding hydrogens is 287 g/mol. The van der Waals surface area contributed by atoms with Crippen molar-refractivity contribution in [3.8, 4) is 0 Å². The molecule has 122 valence electrons. The maximum Gasteiger partial charge on any atom is 0.392 e. The molecule has 0 spiro atoms. The number of nitrogens with one attached hydrogen (secondary N) is 1. The van der Waals surface area contributed by atoms with E-state index in [0.717, 1.165) is 0 Å². The summed E-state index contributed by atoms with van der Waals surface area (Å²) in [5, 5.41) is 14.0. The molecule has 0 aromatic carbocycles. The lowest BCUT2D eigenvalue weighted by Crippen LogP contribution is -2.47. The van der Waals surface area contributed by atoms with Crippen molar-refractivity contribution in [2.24, 2.45) is 28.1 Å². The van der Waals surface area contributed by atoms with E-state index in [0.29, 0.717) is 12.8 Å². The Kier molecular flexibility index (Phi) is 5.47. The van der Waals surface area contributed by atoms with Crippen LogP contribution in [0.5, 0.6) is 0 Å². The summed E-state index contributed by atoms with van der Waals surface area (Å²) < 4.78 is 38.9. The molecule has 0 aromatic heterocycles. The van der Waals surface area contributed by atoms with Crippen LogP contribution in [0.15, 0.2) is 5.16 Å². The van der Waals surface area contributed by atoms with Gasteiger partial charge in [-0.2, -0.15) is 13.2 Å². The van der Waals surface area contributed by atoms with Crippen LogP contribution in [0, 0.1) is 17.3 Å². The van der Waals surface area contributed by atoms with Gasteiger partial charge in [0.05, 0.1) is 5.92 Å². The molecule has 1 saturated carbocycles. The first-order valence-electron chi connectivity index (χ1n) is 6.92. The molecule has 1 amide bonds. The lowest BCUT2D eigenvalue weighted by Gasteiger charge is -2.33. The van der Waals surface area contributed by atoms with Gasteiger partial charge < -0.3 is 16.3 Å². The zero-order chi connectivity index (χ0) is 16.3. The summed E-state index contributed by atoms with van der Waals surface area (Å²) in [5.41, 5.74) is 4.65. The van der Waals surface area contributed by atoms with Gasteiger partial charge in [-0.1, -0.05) is 31.8 Å². The predicted molar refractivity (Wildman–Crippen MR) is 71.7 cm³/mol. The summed E-state index contributed by atoms with van der Waals surface area (Å²) in [4.78, 5) is 12.1. The zero-order valence-electron chi connectivity index (χ0n) is 12.2. The topological polar surface area (TPSA) is 87.7 Å². The highest BCUT2D eigenvalue weighted by Gasteiger charge is 2.48. The Bertz CT molecular complexity index is 408. The average Bonchev–Trinajstić information content (AvgIpc) is 2.43. The third-order valence-corrected chi connectivity index (χ3v) is 4.03. The minimum absolute atomic E-state index is 0.00871. The summed E-state index contributed by atoms with van der Waals surface area (Å²) in [6.45, 7) is 3.28. The summed E-state index contributed by atoms with van der Waals surface area (Å²) in [5.74, 6) is -3.34. The van der Waals surface area contributed by atoms with Crippen LogP contribution in [0.2, 0.25) is 0 Å². The first-order valence-corrected chi connectivity index (χ1v) is 6.92. The van der Waals surface area contributed by atoms with Crippen LogP contribution in [0.1, 0.15) is 39.5 Å². The number of nitrogens with zero attached hydrogens (tertiary/aromatic N) is 1. The molecule has 0 aliphatic heterocycles. The van der Waals surface area contributed by atoms with Crippen LogP contribution in [0.25, 0.3) is 0 Å². The van der Waals surface area contributed by atoms with Gasteiger partial charge >= 0.3 is 6.18 Å². The van der Waals surface area contributed by atoms with Crippen LogP contribution in [0.4, 0.5) is 13.2 Å². The third-order valence-electron chi connectivity index (χ3n) is 4.03.